The molecule has 3 heterocycles. The number of aromatic nitrogens is 6. The minimum absolute atomic E-state index is 0.762. The first-order valence-electron chi connectivity index (χ1n) is 8.16. The average molecular weight is 311 g/mol. The molecule has 120 valence electrons. The van der Waals surface area contributed by atoms with E-state index in [1.165, 1.54) is 30.5 Å². The first kappa shape index (κ1) is 14.2. The van der Waals surface area contributed by atoms with Crippen molar-refractivity contribution in [1.82, 2.24) is 30.0 Å². The Morgan fingerprint density at radius 3 is 3.04 bits per heavy atom. The number of nitrogens with zero attached hydrogens (tertiary/aromatic N) is 6. The van der Waals surface area contributed by atoms with Gasteiger partial charge >= 0.3 is 0 Å². The van der Waals surface area contributed by atoms with Gasteiger partial charge in [-0.05, 0) is 44.2 Å². The Morgan fingerprint density at radius 2 is 2.13 bits per heavy atom. The minimum Gasteiger partial charge on any atom is -0.365 e. The number of anilines is 1. The second kappa shape index (κ2) is 5.64. The van der Waals surface area contributed by atoms with Crippen molar-refractivity contribution in [3.05, 3.63) is 35.0 Å². The van der Waals surface area contributed by atoms with E-state index >= 15 is 0 Å². The topological polar surface area (TPSA) is 75.0 Å². The van der Waals surface area contributed by atoms with E-state index in [0.29, 0.717) is 0 Å². The second-order valence-electron chi connectivity index (χ2n) is 6.31. The number of fused-ring (bicyclic) bond motifs is 2. The van der Waals surface area contributed by atoms with Crippen LogP contribution in [0, 0.1) is 6.92 Å². The van der Waals surface area contributed by atoms with Crippen molar-refractivity contribution in [2.75, 3.05) is 11.9 Å². The molecule has 7 nitrogen and oxygen atoms in total. The molecule has 0 unspecified atom stereocenters. The van der Waals surface area contributed by atoms with Gasteiger partial charge in [0.1, 0.15) is 6.33 Å². The lowest BCUT2D eigenvalue weighted by molar-refractivity contribution is 0.697. The molecule has 0 amide bonds. The van der Waals surface area contributed by atoms with Crippen molar-refractivity contribution in [1.29, 1.82) is 0 Å². The highest BCUT2D eigenvalue weighted by molar-refractivity contribution is 5.67. The number of H-pyrrole nitrogens is 1. The molecule has 0 aromatic carbocycles. The van der Waals surface area contributed by atoms with E-state index in [0.717, 1.165) is 42.1 Å². The second-order valence-corrected chi connectivity index (χ2v) is 6.31. The molecule has 3 aromatic heterocycles. The Hall–Kier alpha value is -2.44. The van der Waals surface area contributed by atoms with Crippen LogP contribution in [0.1, 0.15) is 41.9 Å². The number of nitrogens with one attached hydrogen (secondary N) is 1. The molecule has 1 aliphatic rings. The molecule has 1 aliphatic carbocycles. The maximum atomic E-state index is 4.57. The van der Waals surface area contributed by atoms with E-state index in [9.17, 15) is 0 Å². The third-order valence-corrected chi connectivity index (χ3v) is 4.56. The molecule has 0 atom stereocenters. The van der Waals surface area contributed by atoms with Gasteiger partial charge < -0.3 is 4.90 Å². The SMILES string of the molecule is Cc1cc(N(C)Cc2n[nH]c3c2CCCCC3)c2nncn2n1. The molecule has 0 bridgehead atoms. The Morgan fingerprint density at radius 1 is 1.26 bits per heavy atom. The summed E-state index contributed by atoms with van der Waals surface area (Å²) in [4.78, 5) is 2.18. The quantitative estimate of drug-likeness (QED) is 0.749. The van der Waals surface area contributed by atoms with E-state index < -0.39 is 0 Å². The van der Waals surface area contributed by atoms with Gasteiger partial charge in [-0.3, -0.25) is 5.10 Å². The Balaban J connectivity index is 1.66. The van der Waals surface area contributed by atoms with E-state index in [4.69, 9.17) is 0 Å². The van der Waals surface area contributed by atoms with Crippen LogP contribution in [0.5, 0.6) is 0 Å². The lowest BCUT2D eigenvalue weighted by Gasteiger charge is -2.19. The highest BCUT2D eigenvalue weighted by Crippen LogP contribution is 2.25. The third-order valence-electron chi connectivity index (χ3n) is 4.56. The van der Waals surface area contributed by atoms with Gasteiger partial charge in [0, 0.05) is 12.7 Å². The van der Waals surface area contributed by atoms with Crippen LogP contribution in [0.2, 0.25) is 0 Å². The molecule has 4 rings (SSSR count). The summed E-state index contributed by atoms with van der Waals surface area (Å²) < 4.78 is 1.73. The van der Waals surface area contributed by atoms with Gasteiger partial charge in [-0.25, -0.2) is 0 Å². The lowest BCUT2D eigenvalue weighted by atomic mass is 10.1. The maximum absolute atomic E-state index is 4.57. The molecular formula is C16H21N7. The number of aromatic amines is 1. The molecule has 0 aliphatic heterocycles. The summed E-state index contributed by atoms with van der Waals surface area (Å²) in [5, 5.41) is 20.4. The van der Waals surface area contributed by atoms with Crippen LogP contribution in [-0.4, -0.2) is 37.1 Å². The molecule has 1 N–H and O–H groups in total. The largest absolute Gasteiger partial charge is 0.365 e. The summed E-state index contributed by atoms with van der Waals surface area (Å²) in [7, 11) is 2.07. The monoisotopic (exact) mass is 311 g/mol. The van der Waals surface area contributed by atoms with Crippen LogP contribution in [-0.2, 0) is 19.4 Å². The van der Waals surface area contributed by atoms with Crippen LogP contribution in [0.15, 0.2) is 12.4 Å². The Labute approximate surface area is 134 Å². The Bertz CT molecular complexity index is 832. The summed E-state index contributed by atoms with van der Waals surface area (Å²) in [5.74, 6) is 0. The third kappa shape index (κ3) is 2.56. The standard InChI is InChI=1S/C16H21N7/c1-11-8-15(16-20-17-10-23(16)21-11)22(2)9-14-12-6-4-3-5-7-13(12)18-19-14/h8,10H,3-7,9H2,1-2H3,(H,18,19). The van der Waals surface area contributed by atoms with Gasteiger partial charge in [-0.15, -0.1) is 10.2 Å². The highest BCUT2D eigenvalue weighted by atomic mass is 15.4. The number of hydrogen-bond acceptors (Lipinski definition) is 5. The summed E-state index contributed by atoms with van der Waals surface area (Å²) in [6, 6.07) is 2.05. The zero-order chi connectivity index (χ0) is 15.8. The zero-order valence-electron chi connectivity index (χ0n) is 13.6. The molecule has 23 heavy (non-hydrogen) atoms. The molecule has 0 radical (unpaired) electrons. The van der Waals surface area contributed by atoms with E-state index in [-0.39, 0.29) is 0 Å². The number of aryl methyl sites for hydroxylation is 2. The lowest BCUT2D eigenvalue weighted by Crippen LogP contribution is -2.19. The minimum atomic E-state index is 0.762. The summed E-state index contributed by atoms with van der Waals surface area (Å²) in [6.45, 7) is 2.75. The molecular weight excluding hydrogens is 290 g/mol. The predicted octanol–water partition coefficient (Wildman–Crippen LogP) is 2.06. The maximum Gasteiger partial charge on any atom is 0.200 e. The molecule has 3 aromatic rings. The predicted molar refractivity (Wildman–Crippen MR) is 87.5 cm³/mol. The van der Waals surface area contributed by atoms with Gasteiger partial charge in [0.2, 0.25) is 5.65 Å². The van der Waals surface area contributed by atoms with Gasteiger partial charge in [0.25, 0.3) is 0 Å². The van der Waals surface area contributed by atoms with Crippen molar-refractivity contribution >= 4 is 11.3 Å². The fourth-order valence-corrected chi connectivity index (χ4v) is 3.38. The number of hydrogen-bond donors (Lipinski definition) is 1. The van der Waals surface area contributed by atoms with Crippen LogP contribution in [0.25, 0.3) is 5.65 Å². The van der Waals surface area contributed by atoms with Gasteiger partial charge in [0.05, 0.1) is 23.6 Å². The van der Waals surface area contributed by atoms with Crippen molar-refractivity contribution in [3.8, 4) is 0 Å². The summed E-state index contributed by atoms with van der Waals surface area (Å²) >= 11 is 0. The van der Waals surface area contributed by atoms with Gasteiger partial charge in [-0.1, -0.05) is 6.42 Å². The fraction of sp³-hybridized carbons (Fsp3) is 0.500. The van der Waals surface area contributed by atoms with Crippen molar-refractivity contribution in [3.63, 3.8) is 0 Å². The van der Waals surface area contributed by atoms with Crippen molar-refractivity contribution < 1.29 is 0 Å². The van der Waals surface area contributed by atoms with Gasteiger partial charge in [-0.2, -0.15) is 14.7 Å². The summed E-state index contributed by atoms with van der Waals surface area (Å²) in [6.07, 6.45) is 7.71. The smallest absolute Gasteiger partial charge is 0.200 e. The van der Waals surface area contributed by atoms with Crippen LogP contribution in [0.3, 0.4) is 0 Å². The molecule has 0 saturated heterocycles. The molecule has 7 heteroatoms. The highest BCUT2D eigenvalue weighted by Gasteiger charge is 2.18. The first-order chi connectivity index (χ1) is 11.2. The van der Waals surface area contributed by atoms with E-state index in [2.05, 4.69) is 43.5 Å². The zero-order valence-corrected chi connectivity index (χ0v) is 13.6. The van der Waals surface area contributed by atoms with Crippen molar-refractivity contribution in [2.45, 2.75) is 45.6 Å². The first-order valence-corrected chi connectivity index (χ1v) is 8.16. The van der Waals surface area contributed by atoms with Crippen LogP contribution >= 0.6 is 0 Å². The van der Waals surface area contributed by atoms with Crippen LogP contribution < -0.4 is 4.90 Å². The van der Waals surface area contributed by atoms with Gasteiger partial charge in [0.15, 0.2) is 0 Å². The summed E-state index contributed by atoms with van der Waals surface area (Å²) in [5.41, 5.74) is 6.64. The normalized spacial score (nSPS) is 14.7. The van der Waals surface area contributed by atoms with E-state index in [1.54, 1.807) is 10.8 Å². The molecule has 0 saturated carbocycles. The van der Waals surface area contributed by atoms with Crippen LogP contribution in [0.4, 0.5) is 5.69 Å². The Kier molecular flexibility index (Phi) is 3.48. The molecule has 0 spiro atoms. The van der Waals surface area contributed by atoms with E-state index in [1.807, 2.05) is 6.92 Å². The fourth-order valence-electron chi connectivity index (χ4n) is 3.38. The molecule has 0 fully saturated rings. The van der Waals surface area contributed by atoms with Crippen molar-refractivity contribution in [2.24, 2.45) is 0 Å². The average Bonchev–Trinajstić information content (AvgIpc) is 3.07. The number of rotatable bonds is 3.